The van der Waals surface area contributed by atoms with Crippen LogP contribution in [0.1, 0.15) is 108 Å². The maximum absolute atomic E-state index is 14.5. The first kappa shape index (κ1) is 32.8. The maximum atomic E-state index is 14.5. The van der Waals surface area contributed by atoms with Gasteiger partial charge in [0.1, 0.15) is 11.6 Å². The second-order valence-corrected chi connectivity index (χ2v) is 12.0. The first-order chi connectivity index (χ1) is 21.2. The quantitative estimate of drug-likeness (QED) is 0.156. The number of aromatic nitrogens is 2. The van der Waals surface area contributed by atoms with Crippen LogP contribution in [0, 0.1) is 0 Å². The summed E-state index contributed by atoms with van der Waals surface area (Å²) in [5.41, 5.74) is 4.12. The number of methoxy groups -OCH3 is 1. The number of benzene rings is 3. The third kappa shape index (κ3) is 6.98. The third-order valence-corrected chi connectivity index (χ3v) is 8.31. The van der Waals surface area contributed by atoms with Crippen molar-refractivity contribution in [2.45, 2.75) is 91.5 Å². The monoisotopic (exact) mass is 596 g/mol. The number of rotatable bonds is 13. The van der Waals surface area contributed by atoms with E-state index < -0.39 is 6.04 Å². The van der Waals surface area contributed by atoms with Gasteiger partial charge in [0.15, 0.2) is 0 Å². The van der Waals surface area contributed by atoms with Crippen molar-refractivity contribution in [2.24, 2.45) is 0 Å². The number of unbranched alkanes of at least 4 members (excludes halogenated alkanes) is 3. The lowest BCUT2D eigenvalue weighted by molar-refractivity contribution is 0.179. The summed E-state index contributed by atoms with van der Waals surface area (Å²) in [7, 11) is 1.60. The van der Waals surface area contributed by atoms with E-state index in [1.807, 2.05) is 54.3 Å². The lowest BCUT2D eigenvalue weighted by Gasteiger charge is -2.33. The number of fused-ring (bicyclic) bond motifs is 1. The van der Waals surface area contributed by atoms with Gasteiger partial charge >= 0.3 is 6.03 Å². The van der Waals surface area contributed by atoms with Gasteiger partial charge in [-0.15, -0.1) is 0 Å². The second-order valence-electron chi connectivity index (χ2n) is 12.0. The number of carbonyl (C=O) groups excluding carboxylic acids is 1. The van der Waals surface area contributed by atoms with E-state index in [2.05, 4.69) is 58.1 Å². The molecule has 0 saturated carbocycles. The number of urea groups is 1. The maximum Gasteiger partial charge on any atom is 0.322 e. The standard InChI is InChI=1S/C37H48N4O3/c1-8-10-11-16-24-40(37(43)39-34-27(25(3)4)19-17-20-28(34)26(5)6)31(9-2)35-38-30-21-13-12-18-29(30)36(42)41(35)32-22-14-15-23-33(32)44-7/h12-15,17-23,25-26,31H,8-11,16,24H2,1-7H3,(H,39,43). The first-order valence-electron chi connectivity index (χ1n) is 16.1. The molecule has 0 aliphatic rings. The zero-order chi connectivity index (χ0) is 31.8. The van der Waals surface area contributed by atoms with Crippen LogP contribution in [0.3, 0.4) is 0 Å². The molecule has 7 nitrogen and oxygen atoms in total. The summed E-state index contributed by atoms with van der Waals surface area (Å²) in [6.45, 7) is 13.4. The van der Waals surface area contributed by atoms with Crippen LogP contribution in [0.15, 0.2) is 71.5 Å². The van der Waals surface area contributed by atoms with E-state index in [1.165, 1.54) is 0 Å². The van der Waals surface area contributed by atoms with Gasteiger partial charge in [0.2, 0.25) is 0 Å². The smallest absolute Gasteiger partial charge is 0.322 e. The number of hydrogen-bond donors (Lipinski definition) is 1. The zero-order valence-electron chi connectivity index (χ0n) is 27.4. The highest BCUT2D eigenvalue weighted by atomic mass is 16.5. The fourth-order valence-electron chi connectivity index (χ4n) is 5.95. The average Bonchev–Trinajstić information content (AvgIpc) is 3.02. The van der Waals surface area contributed by atoms with Gasteiger partial charge in [-0.25, -0.2) is 9.78 Å². The molecule has 3 aromatic carbocycles. The molecule has 0 spiro atoms. The molecule has 4 aromatic rings. The molecule has 2 amide bonds. The lowest BCUT2D eigenvalue weighted by Crippen LogP contribution is -2.41. The molecule has 0 aliphatic carbocycles. The third-order valence-electron chi connectivity index (χ3n) is 8.31. The van der Waals surface area contributed by atoms with Gasteiger partial charge < -0.3 is 15.0 Å². The van der Waals surface area contributed by atoms with E-state index in [4.69, 9.17) is 9.72 Å². The molecular weight excluding hydrogens is 548 g/mol. The van der Waals surface area contributed by atoms with Gasteiger partial charge in [-0.05, 0) is 60.1 Å². The fraction of sp³-hybridized carbons (Fsp3) is 0.432. The molecule has 44 heavy (non-hydrogen) atoms. The summed E-state index contributed by atoms with van der Waals surface area (Å²) in [6.07, 6.45) is 4.64. The number of nitrogens with one attached hydrogen (secondary N) is 1. The number of carbonyl (C=O) groups is 1. The van der Waals surface area contributed by atoms with Crippen LogP contribution in [-0.4, -0.2) is 34.1 Å². The zero-order valence-corrected chi connectivity index (χ0v) is 27.4. The van der Waals surface area contributed by atoms with E-state index in [1.54, 1.807) is 17.7 Å². The van der Waals surface area contributed by atoms with Crippen molar-refractivity contribution >= 4 is 22.6 Å². The normalized spacial score (nSPS) is 12.1. The molecule has 1 aromatic heterocycles. The van der Waals surface area contributed by atoms with Gasteiger partial charge in [0.05, 0.1) is 29.7 Å². The van der Waals surface area contributed by atoms with Crippen LogP contribution in [0.5, 0.6) is 5.75 Å². The number of anilines is 1. The van der Waals surface area contributed by atoms with Crippen LogP contribution in [0.2, 0.25) is 0 Å². The van der Waals surface area contributed by atoms with E-state index in [9.17, 15) is 9.59 Å². The van der Waals surface area contributed by atoms with Gasteiger partial charge in [-0.3, -0.25) is 9.36 Å². The molecule has 1 atom stereocenters. The Bertz CT molecular complexity index is 1600. The summed E-state index contributed by atoms with van der Waals surface area (Å²) in [4.78, 5) is 35.7. The summed E-state index contributed by atoms with van der Waals surface area (Å²) in [5, 5.41) is 3.87. The second kappa shape index (κ2) is 15.0. The Morgan fingerprint density at radius 1 is 0.886 bits per heavy atom. The number of para-hydroxylation sites is 4. The summed E-state index contributed by atoms with van der Waals surface area (Å²) in [6, 6.07) is 20.5. The minimum atomic E-state index is -0.465. The van der Waals surface area contributed by atoms with Crippen molar-refractivity contribution in [2.75, 3.05) is 19.0 Å². The van der Waals surface area contributed by atoms with E-state index in [0.29, 0.717) is 41.1 Å². The SMILES string of the molecule is CCCCCCN(C(=O)Nc1c(C(C)C)cccc1C(C)C)C(CC)c1nc2ccccc2c(=O)n1-c1ccccc1OC. The van der Waals surface area contributed by atoms with Crippen molar-refractivity contribution in [3.05, 3.63) is 94.0 Å². The number of amides is 2. The predicted molar refractivity (Wildman–Crippen MR) is 181 cm³/mol. The van der Waals surface area contributed by atoms with Crippen molar-refractivity contribution in [1.82, 2.24) is 14.5 Å². The van der Waals surface area contributed by atoms with Crippen molar-refractivity contribution in [3.63, 3.8) is 0 Å². The van der Waals surface area contributed by atoms with Crippen LogP contribution in [0.25, 0.3) is 16.6 Å². The summed E-state index contributed by atoms with van der Waals surface area (Å²) >= 11 is 0. The van der Waals surface area contributed by atoms with Gasteiger partial charge in [-0.2, -0.15) is 0 Å². The van der Waals surface area contributed by atoms with Crippen LogP contribution in [-0.2, 0) is 0 Å². The largest absolute Gasteiger partial charge is 0.495 e. The Kier molecular flexibility index (Phi) is 11.2. The van der Waals surface area contributed by atoms with Crippen molar-refractivity contribution < 1.29 is 9.53 Å². The van der Waals surface area contributed by atoms with Crippen LogP contribution < -0.4 is 15.6 Å². The highest BCUT2D eigenvalue weighted by molar-refractivity contribution is 5.92. The van der Waals surface area contributed by atoms with E-state index in [-0.39, 0.29) is 23.4 Å². The molecular formula is C37H48N4O3. The van der Waals surface area contributed by atoms with E-state index in [0.717, 1.165) is 42.5 Å². The predicted octanol–water partition coefficient (Wildman–Crippen LogP) is 9.21. The molecule has 0 fully saturated rings. The van der Waals surface area contributed by atoms with E-state index >= 15 is 0 Å². The molecule has 4 rings (SSSR count). The van der Waals surface area contributed by atoms with Crippen LogP contribution >= 0.6 is 0 Å². The van der Waals surface area contributed by atoms with Gasteiger partial charge in [-0.1, -0.05) is 103 Å². The highest BCUT2D eigenvalue weighted by Crippen LogP contribution is 2.34. The first-order valence-corrected chi connectivity index (χ1v) is 16.1. The highest BCUT2D eigenvalue weighted by Gasteiger charge is 2.30. The molecule has 1 unspecified atom stereocenters. The van der Waals surface area contributed by atoms with Gasteiger partial charge in [0.25, 0.3) is 5.56 Å². The van der Waals surface area contributed by atoms with Crippen LogP contribution in [0.4, 0.5) is 10.5 Å². The Morgan fingerprint density at radius 3 is 2.18 bits per heavy atom. The Morgan fingerprint density at radius 2 is 1.55 bits per heavy atom. The Labute approximate surface area is 262 Å². The summed E-state index contributed by atoms with van der Waals surface area (Å²) < 4.78 is 7.35. The molecule has 0 bridgehead atoms. The Hall–Kier alpha value is -4.13. The fourth-order valence-corrected chi connectivity index (χ4v) is 5.95. The average molecular weight is 597 g/mol. The number of ether oxygens (including phenoxy) is 1. The summed E-state index contributed by atoms with van der Waals surface area (Å²) in [5.74, 6) is 1.56. The minimum Gasteiger partial charge on any atom is -0.495 e. The lowest BCUT2D eigenvalue weighted by atomic mass is 9.92. The molecule has 234 valence electrons. The molecule has 1 N–H and O–H groups in total. The number of hydrogen-bond acceptors (Lipinski definition) is 4. The van der Waals surface area contributed by atoms with Crippen molar-refractivity contribution in [3.8, 4) is 11.4 Å². The van der Waals surface area contributed by atoms with Crippen molar-refractivity contribution in [1.29, 1.82) is 0 Å². The molecule has 1 heterocycles. The molecule has 0 radical (unpaired) electrons. The number of nitrogens with zero attached hydrogens (tertiary/aromatic N) is 3. The molecule has 7 heteroatoms. The molecule has 0 saturated heterocycles. The molecule has 0 aliphatic heterocycles. The topological polar surface area (TPSA) is 76.5 Å². The minimum absolute atomic E-state index is 0.183. The Balaban J connectivity index is 1.91. The van der Waals surface area contributed by atoms with Gasteiger partial charge in [0, 0.05) is 12.2 Å².